The van der Waals surface area contributed by atoms with Crippen LogP contribution in [0.15, 0.2) is 4.52 Å². The van der Waals surface area contributed by atoms with Gasteiger partial charge in [-0.1, -0.05) is 5.16 Å². The topological polar surface area (TPSA) is 38.1 Å². The van der Waals surface area contributed by atoms with Crippen molar-refractivity contribution >= 4 is 11.8 Å². The van der Waals surface area contributed by atoms with E-state index in [1.807, 2.05) is 25.6 Å². The third kappa shape index (κ3) is 2.12. The molecule has 0 saturated carbocycles. The van der Waals surface area contributed by atoms with Crippen molar-refractivity contribution in [2.75, 3.05) is 18.1 Å². The smallest absolute Gasteiger partial charge is 0.137 e. The number of hydrogen-bond acceptors (Lipinski definition) is 4. The lowest BCUT2D eigenvalue weighted by Crippen LogP contribution is -2.41. The molecule has 0 amide bonds. The Balaban J connectivity index is 1.79. The Kier molecular flexibility index (Phi) is 3.13. The van der Waals surface area contributed by atoms with Crippen molar-refractivity contribution in [2.24, 2.45) is 0 Å². The highest BCUT2D eigenvalue weighted by Crippen LogP contribution is 2.17. The minimum absolute atomic E-state index is 0.737. The van der Waals surface area contributed by atoms with Crippen LogP contribution in [-0.4, -0.2) is 29.2 Å². The summed E-state index contributed by atoms with van der Waals surface area (Å²) in [5.41, 5.74) is 2.30. The molecule has 1 N–H and O–H groups in total. The molecule has 0 atom stereocenters. The molecule has 1 saturated heterocycles. The van der Waals surface area contributed by atoms with E-state index in [1.54, 1.807) is 0 Å². The van der Waals surface area contributed by atoms with E-state index in [1.165, 1.54) is 17.1 Å². The van der Waals surface area contributed by atoms with Gasteiger partial charge in [0.25, 0.3) is 0 Å². The Hall–Kier alpha value is -0.480. The van der Waals surface area contributed by atoms with Gasteiger partial charge in [-0.3, -0.25) is 0 Å². The highest BCUT2D eigenvalue weighted by Gasteiger charge is 2.17. The van der Waals surface area contributed by atoms with E-state index in [4.69, 9.17) is 4.52 Å². The van der Waals surface area contributed by atoms with E-state index in [2.05, 4.69) is 10.5 Å². The van der Waals surface area contributed by atoms with E-state index < -0.39 is 0 Å². The maximum atomic E-state index is 5.11. The number of aryl methyl sites for hydroxylation is 2. The molecular formula is C10H16N2OS. The van der Waals surface area contributed by atoms with Crippen molar-refractivity contribution in [3.63, 3.8) is 0 Å². The van der Waals surface area contributed by atoms with Crippen LogP contribution in [0.1, 0.15) is 17.0 Å². The predicted molar refractivity (Wildman–Crippen MR) is 58.8 cm³/mol. The summed E-state index contributed by atoms with van der Waals surface area (Å²) in [6, 6.07) is 0.737. The molecule has 1 aromatic heterocycles. The highest BCUT2D eigenvalue weighted by atomic mass is 32.2. The summed E-state index contributed by atoms with van der Waals surface area (Å²) in [5, 5.41) is 7.46. The van der Waals surface area contributed by atoms with Gasteiger partial charge in [-0.15, -0.1) is 0 Å². The van der Waals surface area contributed by atoms with E-state index >= 15 is 0 Å². The first kappa shape index (κ1) is 10.1. The van der Waals surface area contributed by atoms with E-state index in [-0.39, 0.29) is 0 Å². The lowest BCUT2D eigenvalue weighted by atomic mass is 10.1. The molecule has 14 heavy (non-hydrogen) atoms. The minimum atomic E-state index is 0.737. The van der Waals surface area contributed by atoms with Gasteiger partial charge in [0, 0.05) is 23.1 Å². The summed E-state index contributed by atoms with van der Waals surface area (Å²) in [6.07, 6.45) is 1.03. The van der Waals surface area contributed by atoms with Crippen LogP contribution in [0.25, 0.3) is 0 Å². The van der Waals surface area contributed by atoms with Crippen LogP contribution >= 0.6 is 11.8 Å². The Labute approximate surface area is 88.6 Å². The van der Waals surface area contributed by atoms with E-state index in [9.17, 15) is 0 Å². The van der Waals surface area contributed by atoms with Crippen molar-refractivity contribution in [1.29, 1.82) is 0 Å². The minimum Gasteiger partial charge on any atom is -0.361 e. The van der Waals surface area contributed by atoms with Crippen LogP contribution < -0.4 is 5.32 Å². The first-order chi connectivity index (χ1) is 6.77. The highest BCUT2D eigenvalue weighted by molar-refractivity contribution is 8.00. The molecule has 0 aliphatic carbocycles. The first-order valence-corrected chi connectivity index (χ1v) is 6.15. The van der Waals surface area contributed by atoms with Gasteiger partial charge in [0.2, 0.25) is 0 Å². The summed E-state index contributed by atoms with van der Waals surface area (Å²) < 4.78 is 5.11. The monoisotopic (exact) mass is 212 g/mol. The van der Waals surface area contributed by atoms with Crippen molar-refractivity contribution in [1.82, 2.24) is 10.5 Å². The lowest BCUT2D eigenvalue weighted by molar-refractivity contribution is 0.392. The van der Waals surface area contributed by atoms with E-state index in [0.717, 1.165) is 30.5 Å². The van der Waals surface area contributed by atoms with Crippen LogP contribution in [0.2, 0.25) is 0 Å². The lowest BCUT2D eigenvalue weighted by Gasteiger charge is -2.25. The number of hydrogen-bond donors (Lipinski definition) is 1. The zero-order chi connectivity index (χ0) is 9.97. The summed E-state index contributed by atoms with van der Waals surface area (Å²) in [4.78, 5) is 0. The molecule has 1 fully saturated rings. The SMILES string of the molecule is Cc1noc(C)c1CCNC1CSC1. The summed E-state index contributed by atoms with van der Waals surface area (Å²) >= 11 is 2.01. The molecule has 0 radical (unpaired) electrons. The number of rotatable bonds is 4. The second kappa shape index (κ2) is 4.36. The molecule has 0 aromatic carbocycles. The maximum absolute atomic E-state index is 5.11. The molecule has 1 aromatic rings. The normalized spacial score (nSPS) is 17.0. The Bertz CT molecular complexity index is 288. The predicted octanol–water partition coefficient (Wildman–Crippen LogP) is 1.54. The molecule has 0 spiro atoms. The number of aromatic nitrogens is 1. The summed E-state index contributed by atoms with van der Waals surface area (Å²) in [7, 11) is 0. The zero-order valence-corrected chi connectivity index (χ0v) is 9.49. The fraction of sp³-hybridized carbons (Fsp3) is 0.700. The molecule has 1 aliphatic rings. The fourth-order valence-electron chi connectivity index (χ4n) is 1.61. The van der Waals surface area contributed by atoms with Gasteiger partial charge < -0.3 is 9.84 Å². The molecular weight excluding hydrogens is 196 g/mol. The van der Waals surface area contributed by atoms with Crippen molar-refractivity contribution < 1.29 is 4.52 Å². The van der Waals surface area contributed by atoms with Gasteiger partial charge in [-0.2, -0.15) is 11.8 Å². The van der Waals surface area contributed by atoms with Gasteiger partial charge in [0.05, 0.1) is 5.69 Å². The first-order valence-electron chi connectivity index (χ1n) is 5.00. The zero-order valence-electron chi connectivity index (χ0n) is 8.67. The van der Waals surface area contributed by atoms with Crippen molar-refractivity contribution in [3.05, 3.63) is 17.0 Å². The standard InChI is InChI=1S/C10H16N2OS/c1-7-10(8(2)13-12-7)3-4-11-9-5-14-6-9/h9,11H,3-6H2,1-2H3. The largest absolute Gasteiger partial charge is 0.361 e. The molecule has 2 heterocycles. The molecule has 1 aliphatic heterocycles. The molecule has 4 heteroatoms. The van der Waals surface area contributed by atoms with E-state index in [0.29, 0.717) is 0 Å². The van der Waals surface area contributed by atoms with Crippen LogP contribution in [0.4, 0.5) is 0 Å². The van der Waals surface area contributed by atoms with Crippen LogP contribution in [0.5, 0.6) is 0 Å². The molecule has 0 unspecified atom stereocenters. The van der Waals surface area contributed by atoms with Crippen LogP contribution in [0, 0.1) is 13.8 Å². The summed E-state index contributed by atoms with van der Waals surface area (Å²) in [5.74, 6) is 3.50. The van der Waals surface area contributed by atoms with Gasteiger partial charge in [0.1, 0.15) is 5.76 Å². The quantitative estimate of drug-likeness (QED) is 0.821. The fourth-order valence-corrected chi connectivity index (χ4v) is 2.32. The van der Waals surface area contributed by atoms with Gasteiger partial charge in [-0.05, 0) is 26.8 Å². The molecule has 3 nitrogen and oxygen atoms in total. The number of nitrogens with zero attached hydrogens (tertiary/aromatic N) is 1. The second-order valence-corrected chi connectivity index (χ2v) is 4.82. The number of nitrogens with one attached hydrogen (secondary N) is 1. The molecule has 0 bridgehead atoms. The third-order valence-corrected chi connectivity index (χ3v) is 3.90. The average molecular weight is 212 g/mol. The molecule has 78 valence electrons. The van der Waals surface area contributed by atoms with Crippen LogP contribution in [0.3, 0.4) is 0 Å². The maximum Gasteiger partial charge on any atom is 0.137 e. The summed E-state index contributed by atoms with van der Waals surface area (Å²) in [6.45, 7) is 5.02. The Morgan fingerprint density at radius 1 is 1.50 bits per heavy atom. The number of thioether (sulfide) groups is 1. The van der Waals surface area contributed by atoms with Gasteiger partial charge in [-0.25, -0.2) is 0 Å². The van der Waals surface area contributed by atoms with Gasteiger partial charge >= 0.3 is 0 Å². The van der Waals surface area contributed by atoms with Crippen LogP contribution in [-0.2, 0) is 6.42 Å². The second-order valence-electron chi connectivity index (χ2n) is 3.74. The van der Waals surface area contributed by atoms with Crippen molar-refractivity contribution in [3.8, 4) is 0 Å². The third-order valence-electron chi connectivity index (χ3n) is 2.63. The average Bonchev–Trinajstić information content (AvgIpc) is 2.39. The van der Waals surface area contributed by atoms with Gasteiger partial charge in [0.15, 0.2) is 0 Å². The molecule has 2 rings (SSSR count). The van der Waals surface area contributed by atoms with Crippen molar-refractivity contribution in [2.45, 2.75) is 26.3 Å². The Morgan fingerprint density at radius 2 is 2.29 bits per heavy atom. The Morgan fingerprint density at radius 3 is 2.79 bits per heavy atom.